The van der Waals surface area contributed by atoms with Crippen molar-refractivity contribution in [2.24, 2.45) is 5.92 Å². The summed E-state index contributed by atoms with van der Waals surface area (Å²) in [5.74, 6) is -0.591. The Labute approximate surface area is 146 Å². The first kappa shape index (κ1) is 16.5. The first-order valence-corrected chi connectivity index (χ1v) is 8.41. The van der Waals surface area contributed by atoms with Crippen LogP contribution >= 0.6 is 11.6 Å². The van der Waals surface area contributed by atoms with Crippen molar-refractivity contribution in [1.82, 2.24) is 0 Å². The van der Waals surface area contributed by atoms with Gasteiger partial charge >= 0.3 is 0 Å². The molecule has 2 amide bonds. The summed E-state index contributed by atoms with van der Waals surface area (Å²) < 4.78 is 0. The average molecular weight is 343 g/mol. The summed E-state index contributed by atoms with van der Waals surface area (Å²) in [5.41, 5.74) is 2.63. The second kappa shape index (κ2) is 7.05. The molecule has 2 aromatic rings. The molecule has 0 aliphatic carbocycles. The molecule has 5 heteroatoms. The fourth-order valence-corrected chi connectivity index (χ4v) is 3.09. The van der Waals surface area contributed by atoms with Gasteiger partial charge in [0.2, 0.25) is 11.8 Å². The van der Waals surface area contributed by atoms with Crippen LogP contribution in [-0.2, 0) is 16.0 Å². The van der Waals surface area contributed by atoms with Crippen molar-refractivity contribution >= 4 is 34.8 Å². The minimum Gasteiger partial charge on any atom is -0.326 e. The molecule has 4 nitrogen and oxygen atoms in total. The van der Waals surface area contributed by atoms with Gasteiger partial charge in [-0.05, 0) is 36.2 Å². The molecule has 1 heterocycles. The number of carbonyl (C=O) groups excluding carboxylic acids is 2. The SMILES string of the molecule is CCc1ccc(NC(=O)[C@H]2CC(=O)N(c3ccccc3Cl)C2)cc1. The van der Waals surface area contributed by atoms with E-state index < -0.39 is 0 Å². The third-order valence-corrected chi connectivity index (χ3v) is 4.59. The van der Waals surface area contributed by atoms with Crippen molar-refractivity contribution in [3.8, 4) is 0 Å². The Morgan fingerprint density at radius 2 is 1.92 bits per heavy atom. The number of para-hydroxylation sites is 1. The molecule has 0 saturated carbocycles. The van der Waals surface area contributed by atoms with Gasteiger partial charge < -0.3 is 10.2 Å². The minimum atomic E-state index is -0.375. The number of rotatable bonds is 4. The van der Waals surface area contributed by atoms with Gasteiger partial charge in [-0.25, -0.2) is 0 Å². The molecule has 0 spiro atoms. The van der Waals surface area contributed by atoms with Gasteiger partial charge in [0.05, 0.1) is 16.6 Å². The lowest BCUT2D eigenvalue weighted by atomic mass is 10.1. The summed E-state index contributed by atoms with van der Waals surface area (Å²) >= 11 is 6.16. The van der Waals surface area contributed by atoms with Gasteiger partial charge in [0, 0.05) is 18.7 Å². The molecule has 1 fully saturated rings. The maximum atomic E-state index is 12.5. The highest BCUT2D eigenvalue weighted by Crippen LogP contribution is 2.31. The number of anilines is 2. The molecule has 1 atom stereocenters. The van der Waals surface area contributed by atoms with Crippen LogP contribution in [0.2, 0.25) is 5.02 Å². The Kier molecular flexibility index (Phi) is 4.86. The molecule has 0 radical (unpaired) electrons. The molecular weight excluding hydrogens is 324 g/mol. The molecule has 1 N–H and O–H groups in total. The van der Waals surface area contributed by atoms with Crippen molar-refractivity contribution in [3.63, 3.8) is 0 Å². The lowest BCUT2D eigenvalue weighted by Gasteiger charge is -2.18. The average Bonchev–Trinajstić information content (AvgIpc) is 2.98. The van der Waals surface area contributed by atoms with Gasteiger partial charge in [0.1, 0.15) is 0 Å². The molecule has 124 valence electrons. The number of halogens is 1. The van der Waals surface area contributed by atoms with Crippen molar-refractivity contribution in [1.29, 1.82) is 0 Å². The molecular formula is C19H19ClN2O2. The molecule has 0 bridgehead atoms. The zero-order chi connectivity index (χ0) is 17.1. The van der Waals surface area contributed by atoms with Gasteiger partial charge in [-0.15, -0.1) is 0 Å². The monoisotopic (exact) mass is 342 g/mol. The largest absolute Gasteiger partial charge is 0.326 e. The van der Waals surface area contributed by atoms with Gasteiger partial charge in [-0.2, -0.15) is 0 Å². The molecule has 2 aromatic carbocycles. The predicted octanol–water partition coefficient (Wildman–Crippen LogP) is 3.89. The van der Waals surface area contributed by atoms with E-state index in [4.69, 9.17) is 11.6 Å². The van der Waals surface area contributed by atoms with E-state index in [0.29, 0.717) is 17.3 Å². The second-order valence-corrected chi connectivity index (χ2v) is 6.30. The number of hydrogen-bond acceptors (Lipinski definition) is 2. The molecule has 1 aliphatic heterocycles. The van der Waals surface area contributed by atoms with Crippen LogP contribution in [0.5, 0.6) is 0 Å². The number of hydrogen-bond donors (Lipinski definition) is 1. The number of nitrogens with zero attached hydrogens (tertiary/aromatic N) is 1. The van der Waals surface area contributed by atoms with Gasteiger partial charge in [-0.3, -0.25) is 9.59 Å². The smallest absolute Gasteiger partial charge is 0.229 e. The summed E-state index contributed by atoms with van der Waals surface area (Å²) in [4.78, 5) is 26.3. The third kappa shape index (κ3) is 3.44. The molecule has 0 unspecified atom stereocenters. The van der Waals surface area contributed by atoms with Crippen LogP contribution in [0.1, 0.15) is 18.9 Å². The van der Waals surface area contributed by atoms with E-state index in [1.54, 1.807) is 17.0 Å². The van der Waals surface area contributed by atoms with Crippen LogP contribution in [-0.4, -0.2) is 18.4 Å². The van der Waals surface area contributed by atoms with Crippen molar-refractivity contribution < 1.29 is 9.59 Å². The van der Waals surface area contributed by atoms with Crippen LogP contribution in [0.3, 0.4) is 0 Å². The Morgan fingerprint density at radius 1 is 1.21 bits per heavy atom. The summed E-state index contributed by atoms with van der Waals surface area (Å²) in [6, 6.07) is 14.9. The van der Waals surface area contributed by atoms with Crippen LogP contribution in [0.25, 0.3) is 0 Å². The van der Waals surface area contributed by atoms with Gasteiger partial charge in [-0.1, -0.05) is 42.8 Å². The zero-order valence-corrected chi connectivity index (χ0v) is 14.2. The minimum absolute atomic E-state index is 0.0791. The van der Waals surface area contributed by atoms with Crippen molar-refractivity contribution in [3.05, 3.63) is 59.1 Å². The number of aryl methyl sites for hydroxylation is 1. The van der Waals surface area contributed by atoms with Crippen LogP contribution < -0.4 is 10.2 Å². The van der Waals surface area contributed by atoms with Gasteiger partial charge in [0.15, 0.2) is 0 Å². The predicted molar refractivity (Wildman–Crippen MR) is 96.4 cm³/mol. The Hall–Kier alpha value is -2.33. The first-order chi connectivity index (χ1) is 11.6. The second-order valence-electron chi connectivity index (χ2n) is 5.90. The molecule has 0 aromatic heterocycles. The normalized spacial score (nSPS) is 17.2. The summed E-state index contributed by atoms with van der Waals surface area (Å²) in [5, 5.41) is 3.41. The van der Waals surface area contributed by atoms with E-state index in [1.165, 1.54) is 5.56 Å². The number of nitrogens with one attached hydrogen (secondary N) is 1. The molecule has 3 rings (SSSR count). The van der Waals surface area contributed by atoms with Crippen LogP contribution in [0, 0.1) is 5.92 Å². The third-order valence-electron chi connectivity index (χ3n) is 4.27. The number of amides is 2. The maximum absolute atomic E-state index is 12.5. The van der Waals surface area contributed by atoms with Crippen LogP contribution in [0.4, 0.5) is 11.4 Å². The highest BCUT2D eigenvalue weighted by atomic mass is 35.5. The lowest BCUT2D eigenvalue weighted by molar-refractivity contribution is -0.122. The molecule has 1 aliphatic rings. The Morgan fingerprint density at radius 3 is 2.58 bits per heavy atom. The lowest BCUT2D eigenvalue weighted by Crippen LogP contribution is -2.28. The summed E-state index contributed by atoms with van der Waals surface area (Å²) in [6.07, 6.45) is 1.16. The van der Waals surface area contributed by atoms with E-state index in [-0.39, 0.29) is 24.2 Å². The Bertz CT molecular complexity index is 758. The summed E-state index contributed by atoms with van der Waals surface area (Å²) in [6.45, 7) is 2.43. The quantitative estimate of drug-likeness (QED) is 0.916. The number of benzene rings is 2. The van der Waals surface area contributed by atoms with Crippen molar-refractivity contribution in [2.75, 3.05) is 16.8 Å². The van der Waals surface area contributed by atoms with E-state index in [2.05, 4.69) is 12.2 Å². The van der Waals surface area contributed by atoms with Crippen LogP contribution in [0.15, 0.2) is 48.5 Å². The standard InChI is InChI=1S/C19H19ClN2O2/c1-2-13-7-9-15(10-8-13)21-19(24)14-11-18(23)22(12-14)17-6-4-3-5-16(17)20/h3-10,14H,2,11-12H2,1H3,(H,21,24)/t14-/m0/s1. The maximum Gasteiger partial charge on any atom is 0.229 e. The van der Waals surface area contributed by atoms with E-state index >= 15 is 0 Å². The highest BCUT2D eigenvalue weighted by Gasteiger charge is 2.35. The molecule has 1 saturated heterocycles. The fraction of sp³-hybridized carbons (Fsp3) is 0.263. The van der Waals surface area contributed by atoms with E-state index in [9.17, 15) is 9.59 Å². The topological polar surface area (TPSA) is 49.4 Å². The Balaban J connectivity index is 1.68. The van der Waals surface area contributed by atoms with E-state index in [1.807, 2.05) is 36.4 Å². The van der Waals surface area contributed by atoms with Gasteiger partial charge in [0.25, 0.3) is 0 Å². The first-order valence-electron chi connectivity index (χ1n) is 8.03. The highest BCUT2D eigenvalue weighted by molar-refractivity contribution is 6.33. The molecule has 24 heavy (non-hydrogen) atoms. The zero-order valence-electron chi connectivity index (χ0n) is 13.5. The number of carbonyl (C=O) groups is 2. The fourth-order valence-electron chi connectivity index (χ4n) is 2.85. The van der Waals surface area contributed by atoms with E-state index in [0.717, 1.165) is 12.1 Å². The summed E-state index contributed by atoms with van der Waals surface area (Å²) in [7, 11) is 0. The van der Waals surface area contributed by atoms with Crippen molar-refractivity contribution in [2.45, 2.75) is 19.8 Å².